The molecule has 0 amide bonds. The molecule has 0 atom stereocenters. The monoisotopic (exact) mass is 299 g/mol. The minimum atomic E-state index is 1.11. The first-order chi connectivity index (χ1) is 11.3. The first kappa shape index (κ1) is 15.1. The summed E-state index contributed by atoms with van der Waals surface area (Å²) in [6, 6.07) is 19.4. The Hall–Kier alpha value is -2.80. The topological polar surface area (TPSA) is 3.24 Å². The van der Waals surface area contributed by atoms with Crippen molar-refractivity contribution in [1.82, 2.24) is 0 Å². The van der Waals surface area contributed by atoms with Gasteiger partial charge in [-0.2, -0.15) is 0 Å². The van der Waals surface area contributed by atoms with Crippen LogP contribution in [0.5, 0.6) is 0 Å². The molecule has 0 aliphatic heterocycles. The van der Waals surface area contributed by atoms with Crippen LogP contribution in [-0.4, -0.2) is 7.05 Å². The zero-order valence-electron chi connectivity index (χ0n) is 13.7. The van der Waals surface area contributed by atoms with Gasteiger partial charge in [0, 0.05) is 23.5 Å². The van der Waals surface area contributed by atoms with E-state index in [0.717, 1.165) is 5.70 Å². The quantitative estimate of drug-likeness (QED) is 0.417. The summed E-state index contributed by atoms with van der Waals surface area (Å²) in [5.74, 6) is 0. The van der Waals surface area contributed by atoms with Crippen molar-refractivity contribution in [2.75, 3.05) is 11.9 Å². The van der Waals surface area contributed by atoms with Crippen molar-refractivity contribution in [3.63, 3.8) is 0 Å². The van der Waals surface area contributed by atoms with Gasteiger partial charge in [0.1, 0.15) is 0 Å². The van der Waals surface area contributed by atoms with E-state index < -0.39 is 0 Å². The van der Waals surface area contributed by atoms with Gasteiger partial charge in [0.05, 0.1) is 5.69 Å². The summed E-state index contributed by atoms with van der Waals surface area (Å²) < 4.78 is 0. The maximum atomic E-state index is 3.85. The summed E-state index contributed by atoms with van der Waals surface area (Å²) in [5, 5.41) is 5.03. The number of nitrogens with zero attached hydrogens (tertiary/aromatic N) is 1. The predicted octanol–water partition coefficient (Wildman–Crippen LogP) is 6.08. The average molecular weight is 299 g/mol. The van der Waals surface area contributed by atoms with Crippen LogP contribution in [0.25, 0.3) is 21.5 Å². The third-order valence-corrected chi connectivity index (χ3v) is 4.09. The Bertz CT molecular complexity index is 862. The van der Waals surface area contributed by atoms with Crippen LogP contribution in [0.4, 0.5) is 5.69 Å². The highest BCUT2D eigenvalue weighted by Gasteiger charge is 2.13. The number of hydrogen-bond acceptors (Lipinski definition) is 1. The van der Waals surface area contributed by atoms with E-state index in [2.05, 4.69) is 85.3 Å². The Morgan fingerprint density at radius 2 is 1.52 bits per heavy atom. The molecule has 0 heterocycles. The molecule has 0 aromatic heterocycles. The summed E-state index contributed by atoms with van der Waals surface area (Å²) in [6.45, 7) is 5.88. The van der Waals surface area contributed by atoms with E-state index in [-0.39, 0.29) is 0 Å². The lowest BCUT2D eigenvalue weighted by atomic mass is 10.00. The molecular weight excluding hydrogens is 278 g/mol. The van der Waals surface area contributed by atoms with E-state index in [1.165, 1.54) is 27.2 Å². The van der Waals surface area contributed by atoms with Crippen LogP contribution in [0.1, 0.15) is 6.92 Å². The van der Waals surface area contributed by atoms with Crippen LogP contribution in [0, 0.1) is 0 Å². The molecule has 0 spiro atoms. The van der Waals surface area contributed by atoms with Crippen LogP contribution in [0.3, 0.4) is 0 Å². The van der Waals surface area contributed by atoms with Crippen molar-refractivity contribution in [2.24, 2.45) is 0 Å². The zero-order valence-corrected chi connectivity index (χ0v) is 13.7. The van der Waals surface area contributed by atoms with Gasteiger partial charge in [-0.25, -0.2) is 0 Å². The molecule has 0 unspecified atom stereocenters. The molecule has 0 aliphatic rings. The third kappa shape index (κ3) is 2.78. The fraction of sp³-hybridized carbons (Fsp3) is 0.0909. The van der Waals surface area contributed by atoms with Crippen LogP contribution < -0.4 is 4.90 Å². The molecule has 0 aliphatic carbocycles. The van der Waals surface area contributed by atoms with Crippen molar-refractivity contribution in [3.05, 3.63) is 91.2 Å². The number of benzene rings is 3. The van der Waals surface area contributed by atoms with Gasteiger partial charge in [0.15, 0.2) is 0 Å². The van der Waals surface area contributed by atoms with Crippen molar-refractivity contribution >= 4 is 27.2 Å². The maximum absolute atomic E-state index is 3.85. The van der Waals surface area contributed by atoms with Crippen LogP contribution in [0.2, 0.25) is 0 Å². The molecular formula is C22H21N. The van der Waals surface area contributed by atoms with Gasteiger partial charge in [-0.05, 0) is 35.9 Å². The molecule has 114 valence electrons. The summed E-state index contributed by atoms with van der Waals surface area (Å²) in [6.07, 6.45) is 8.03. The van der Waals surface area contributed by atoms with Gasteiger partial charge in [0.25, 0.3) is 0 Å². The van der Waals surface area contributed by atoms with Gasteiger partial charge in [0.2, 0.25) is 0 Å². The normalized spacial score (nSPS) is 12.2. The van der Waals surface area contributed by atoms with Gasteiger partial charge in [-0.1, -0.05) is 67.3 Å². The smallest absolute Gasteiger partial charge is 0.0567 e. The van der Waals surface area contributed by atoms with Gasteiger partial charge >= 0.3 is 0 Å². The van der Waals surface area contributed by atoms with E-state index in [1.807, 2.05) is 19.1 Å². The fourth-order valence-electron chi connectivity index (χ4n) is 3.05. The van der Waals surface area contributed by atoms with Crippen molar-refractivity contribution in [2.45, 2.75) is 6.92 Å². The van der Waals surface area contributed by atoms with Crippen LogP contribution in [0.15, 0.2) is 91.2 Å². The first-order valence-electron chi connectivity index (χ1n) is 7.86. The summed E-state index contributed by atoms with van der Waals surface area (Å²) in [4.78, 5) is 2.24. The molecule has 1 nitrogen and oxygen atoms in total. The van der Waals surface area contributed by atoms with E-state index in [0.29, 0.717) is 0 Å². The first-order valence-corrected chi connectivity index (χ1v) is 7.86. The second-order valence-corrected chi connectivity index (χ2v) is 5.55. The van der Waals surface area contributed by atoms with E-state index in [1.54, 1.807) is 0 Å². The number of hydrogen-bond donors (Lipinski definition) is 0. The molecule has 0 N–H and O–H groups in total. The molecule has 0 saturated heterocycles. The molecule has 23 heavy (non-hydrogen) atoms. The van der Waals surface area contributed by atoms with E-state index >= 15 is 0 Å². The highest BCUT2D eigenvalue weighted by atomic mass is 15.1. The molecule has 0 saturated carbocycles. The molecule has 3 rings (SSSR count). The van der Waals surface area contributed by atoms with Crippen molar-refractivity contribution in [1.29, 1.82) is 0 Å². The number of anilines is 1. The highest BCUT2D eigenvalue weighted by Crippen LogP contribution is 2.36. The van der Waals surface area contributed by atoms with Gasteiger partial charge in [-0.15, -0.1) is 0 Å². The summed E-state index contributed by atoms with van der Waals surface area (Å²) in [5.41, 5.74) is 2.34. The standard InChI is InChI=1S/C22H21N/c1-4-10-19(11-5-2)23(3)22-20-14-8-6-12-17(20)16-18-13-7-9-15-21(18)22/h4-16H,1H2,2-3H3/b11-5-,19-10+. The van der Waals surface area contributed by atoms with Crippen LogP contribution >= 0.6 is 0 Å². The van der Waals surface area contributed by atoms with E-state index in [4.69, 9.17) is 0 Å². The Labute approximate surface area is 137 Å². The Kier molecular flexibility index (Phi) is 4.29. The molecule has 1 heteroatoms. The molecule has 3 aromatic rings. The number of likely N-dealkylation sites (N-methyl/N-ethyl adjacent to an activating group) is 1. The molecule has 0 bridgehead atoms. The lowest BCUT2D eigenvalue weighted by molar-refractivity contribution is 1.15. The lowest BCUT2D eigenvalue weighted by Crippen LogP contribution is -2.15. The maximum Gasteiger partial charge on any atom is 0.0567 e. The Morgan fingerprint density at radius 3 is 2.04 bits per heavy atom. The summed E-state index contributed by atoms with van der Waals surface area (Å²) in [7, 11) is 2.11. The highest BCUT2D eigenvalue weighted by molar-refractivity contribution is 6.11. The second kappa shape index (κ2) is 6.53. The zero-order chi connectivity index (χ0) is 16.2. The van der Waals surface area contributed by atoms with Crippen LogP contribution in [-0.2, 0) is 0 Å². The molecule has 3 aromatic carbocycles. The largest absolute Gasteiger partial charge is 0.344 e. The van der Waals surface area contributed by atoms with Gasteiger partial charge in [-0.3, -0.25) is 0 Å². The Morgan fingerprint density at radius 1 is 0.957 bits per heavy atom. The molecule has 0 fully saturated rings. The fourth-order valence-corrected chi connectivity index (χ4v) is 3.05. The van der Waals surface area contributed by atoms with Crippen molar-refractivity contribution < 1.29 is 0 Å². The SMILES string of the molecule is C=C/C=C(\C=C/C)N(C)c1c2ccccc2cc2ccccc12. The predicted molar refractivity (Wildman–Crippen MR) is 103 cm³/mol. The Balaban J connectivity index is 2.36. The minimum Gasteiger partial charge on any atom is -0.344 e. The van der Waals surface area contributed by atoms with Crippen molar-refractivity contribution in [3.8, 4) is 0 Å². The lowest BCUT2D eigenvalue weighted by Gasteiger charge is -2.24. The number of fused-ring (bicyclic) bond motifs is 2. The van der Waals surface area contributed by atoms with E-state index in [9.17, 15) is 0 Å². The minimum absolute atomic E-state index is 1.11. The summed E-state index contributed by atoms with van der Waals surface area (Å²) >= 11 is 0. The number of allylic oxidation sites excluding steroid dienone is 4. The van der Waals surface area contributed by atoms with Gasteiger partial charge < -0.3 is 4.90 Å². The third-order valence-electron chi connectivity index (χ3n) is 4.09. The number of rotatable bonds is 4. The molecule has 0 radical (unpaired) electrons. The second-order valence-electron chi connectivity index (χ2n) is 5.55. The average Bonchev–Trinajstić information content (AvgIpc) is 2.59.